The summed E-state index contributed by atoms with van der Waals surface area (Å²) in [5, 5.41) is 18.8. The first-order chi connectivity index (χ1) is 8.32. The van der Waals surface area contributed by atoms with Gasteiger partial charge in [0.05, 0.1) is 6.61 Å². The van der Waals surface area contributed by atoms with Gasteiger partial charge in [-0.1, -0.05) is 13.8 Å². The van der Waals surface area contributed by atoms with Gasteiger partial charge in [0.2, 0.25) is 5.76 Å². The SMILES string of the molecule is CC(C)C[C@]1(C)OC[C@@H]([C@@H]2OC(=O)C(O)=C2O)O1. The highest BCUT2D eigenvalue weighted by Crippen LogP contribution is 2.34. The van der Waals surface area contributed by atoms with E-state index in [-0.39, 0.29) is 6.61 Å². The summed E-state index contributed by atoms with van der Waals surface area (Å²) in [6.45, 7) is 6.11. The molecule has 2 aliphatic heterocycles. The van der Waals surface area contributed by atoms with E-state index in [9.17, 15) is 15.0 Å². The van der Waals surface area contributed by atoms with Crippen LogP contribution in [-0.4, -0.2) is 40.8 Å². The molecule has 0 aromatic rings. The van der Waals surface area contributed by atoms with Gasteiger partial charge in [0.25, 0.3) is 0 Å². The van der Waals surface area contributed by atoms with Gasteiger partial charge in [0, 0.05) is 6.42 Å². The number of carbonyl (C=O) groups excluding carboxylic acids is 1. The number of aliphatic hydroxyl groups is 2. The van der Waals surface area contributed by atoms with E-state index >= 15 is 0 Å². The smallest absolute Gasteiger partial charge is 0.377 e. The van der Waals surface area contributed by atoms with Crippen LogP contribution >= 0.6 is 0 Å². The summed E-state index contributed by atoms with van der Waals surface area (Å²) in [5.74, 6) is -2.52. The van der Waals surface area contributed by atoms with Gasteiger partial charge in [-0.3, -0.25) is 0 Å². The summed E-state index contributed by atoms with van der Waals surface area (Å²) in [6.07, 6.45) is -0.880. The molecule has 2 heterocycles. The van der Waals surface area contributed by atoms with Crippen LogP contribution in [0.15, 0.2) is 11.5 Å². The second-order valence-corrected chi connectivity index (χ2v) is 5.26. The predicted octanol–water partition coefficient (Wildman–Crippen LogP) is 1.42. The van der Waals surface area contributed by atoms with Gasteiger partial charge in [-0.05, 0) is 12.8 Å². The molecule has 0 bridgehead atoms. The largest absolute Gasteiger partial charge is 0.505 e. The maximum atomic E-state index is 11.1. The second-order valence-electron chi connectivity index (χ2n) is 5.26. The highest BCUT2D eigenvalue weighted by atomic mass is 16.8. The van der Waals surface area contributed by atoms with Gasteiger partial charge in [-0.15, -0.1) is 0 Å². The van der Waals surface area contributed by atoms with E-state index in [0.717, 1.165) is 0 Å². The van der Waals surface area contributed by atoms with Gasteiger partial charge < -0.3 is 24.4 Å². The maximum Gasteiger partial charge on any atom is 0.377 e. The Morgan fingerprint density at radius 1 is 1.44 bits per heavy atom. The molecule has 1 saturated heterocycles. The predicted molar refractivity (Wildman–Crippen MR) is 60.8 cm³/mol. The maximum absolute atomic E-state index is 11.1. The van der Waals surface area contributed by atoms with Crippen molar-refractivity contribution in [2.45, 2.75) is 45.2 Å². The Kier molecular flexibility index (Phi) is 3.25. The van der Waals surface area contributed by atoms with Crippen molar-refractivity contribution in [1.29, 1.82) is 0 Å². The molecule has 0 amide bonds. The average molecular weight is 258 g/mol. The van der Waals surface area contributed by atoms with Crippen LogP contribution in [0.25, 0.3) is 0 Å². The van der Waals surface area contributed by atoms with E-state index in [0.29, 0.717) is 12.3 Å². The topological polar surface area (TPSA) is 85.2 Å². The molecule has 102 valence electrons. The van der Waals surface area contributed by atoms with E-state index in [1.54, 1.807) is 0 Å². The van der Waals surface area contributed by atoms with Crippen LogP contribution in [0, 0.1) is 5.92 Å². The van der Waals surface area contributed by atoms with Gasteiger partial charge in [0.1, 0.15) is 6.10 Å². The van der Waals surface area contributed by atoms with Gasteiger partial charge in [-0.2, -0.15) is 0 Å². The number of esters is 1. The van der Waals surface area contributed by atoms with Crippen LogP contribution in [0.4, 0.5) is 0 Å². The van der Waals surface area contributed by atoms with E-state index in [1.807, 2.05) is 20.8 Å². The Labute approximate surface area is 105 Å². The molecular weight excluding hydrogens is 240 g/mol. The highest BCUT2D eigenvalue weighted by molar-refractivity contribution is 5.89. The molecule has 18 heavy (non-hydrogen) atoms. The van der Waals surface area contributed by atoms with Crippen LogP contribution in [-0.2, 0) is 19.0 Å². The molecule has 2 N–H and O–H groups in total. The third kappa shape index (κ3) is 2.30. The zero-order valence-corrected chi connectivity index (χ0v) is 10.7. The van der Waals surface area contributed by atoms with Crippen LogP contribution in [0.1, 0.15) is 27.2 Å². The molecule has 1 fully saturated rings. The third-order valence-corrected chi connectivity index (χ3v) is 3.01. The Hall–Kier alpha value is -1.27. The highest BCUT2D eigenvalue weighted by Gasteiger charge is 2.48. The van der Waals surface area contributed by atoms with Crippen molar-refractivity contribution in [3.8, 4) is 0 Å². The summed E-state index contributed by atoms with van der Waals surface area (Å²) < 4.78 is 16.1. The van der Waals surface area contributed by atoms with Gasteiger partial charge in [0.15, 0.2) is 17.7 Å². The molecule has 0 saturated carbocycles. The molecule has 0 unspecified atom stereocenters. The molecule has 3 atom stereocenters. The molecule has 0 aromatic carbocycles. The zero-order chi connectivity index (χ0) is 13.5. The number of hydrogen-bond donors (Lipinski definition) is 2. The first-order valence-corrected chi connectivity index (χ1v) is 5.97. The Bertz CT molecular complexity index is 388. The van der Waals surface area contributed by atoms with E-state index in [1.165, 1.54) is 0 Å². The standard InChI is InChI=1S/C12H18O6/c1-6(2)4-12(3)16-5-7(18-12)10-8(13)9(14)11(15)17-10/h6-7,10,13-14H,4-5H2,1-3H3/t7-,10-,12+/m0/s1. The number of hydrogen-bond acceptors (Lipinski definition) is 6. The van der Waals surface area contributed by atoms with Gasteiger partial charge >= 0.3 is 5.97 Å². The lowest BCUT2D eigenvalue weighted by molar-refractivity contribution is -0.178. The summed E-state index contributed by atoms with van der Waals surface area (Å²) in [7, 11) is 0. The number of carbonyl (C=O) groups is 1. The van der Waals surface area contributed by atoms with Crippen LogP contribution in [0.2, 0.25) is 0 Å². The van der Waals surface area contributed by atoms with Crippen molar-refractivity contribution in [2.75, 3.05) is 6.61 Å². The number of aliphatic hydroxyl groups excluding tert-OH is 2. The fourth-order valence-corrected chi connectivity index (χ4v) is 2.36. The first kappa shape index (κ1) is 13.2. The second kappa shape index (κ2) is 4.44. The van der Waals surface area contributed by atoms with Crippen molar-refractivity contribution in [3.63, 3.8) is 0 Å². The quantitative estimate of drug-likeness (QED) is 0.745. The first-order valence-electron chi connectivity index (χ1n) is 5.97. The normalized spacial score (nSPS) is 36.6. The Balaban J connectivity index is 2.04. The molecule has 2 rings (SSSR count). The monoisotopic (exact) mass is 258 g/mol. The molecule has 2 aliphatic rings. The zero-order valence-electron chi connectivity index (χ0n) is 10.7. The molecule has 6 nitrogen and oxygen atoms in total. The molecule has 0 radical (unpaired) electrons. The minimum absolute atomic E-state index is 0.207. The van der Waals surface area contributed by atoms with Crippen molar-refractivity contribution < 1.29 is 29.2 Å². The van der Waals surface area contributed by atoms with Crippen LogP contribution in [0.5, 0.6) is 0 Å². The minimum atomic E-state index is -0.980. The Morgan fingerprint density at radius 2 is 2.11 bits per heavy atom. The van der Waals surface area contributed by atoms with E-state index < -0.39 is 35.5 Å². The van der Waals surface area contributed by atoms with Crippen molar-refractivity contribution in [1.82, 2.24) is 0 Å². The average Bonchev–Trinajstić information content (AvgIpc) is 2.74. The molecule has 0 aromatic heterocycles. The fraction of sp³-hybridized carbons (Fsp3) is 0.750. The van der Waals surface area contributed by atoms with E-state index in [4.69, 9.17) is 14.2 Å². The summed E-state index contributed by atoms with van der Waals surface area (Å²) in [6, 6.07) is 0. The number of ether oxygens (including phenoxy) is 3. The molecule has 6 heteroatoms. The minimum Gasteiger partial charge on any atom is -0.505 e. The number of cyclic esters (lactones) is 1. The number of rotatable bonds is 3. The molecule has 0 spiro atoms. The van der Waals surface area contributed by atoms with Crippen molar-refractivity contribution in [3.05, 3.63) is 11.5 Å². The third-order valence-electron chi connectivity index (χ3n) is 3.01. The lowest BCUT2D eigenvalue weighted by Gasteiger charge is -2.26. The van der Waals surface area contributed by atoms with Crippen molar-refractivity contribution in [2.24, 2.45) is 5.92 Å². The van der Waals surface area contributed by atoms with Gasteiger partial charge in [-0.25, -0.2) is 4.79 Å². The molecular formula is C12H18O6. The Morgan fingerprint density at radius 3 is 2.61 bits per heavy atom. The van der Waals surface area contributed by atoms with E-state index in [2.05, 4.69) is 0 Å². The fourth-order valence-electron chi connectivity index (χ4n) is 2.36. The summed E-state index contributed by atoms with van der Waals surface area (Å²) in [4.78, 5) is 11.1. The lowest BCUT2D eigenvalue weighted by Crippen LogP contribution is -2.34. The van der Waals surface area contributed by atoms with Crippen LogP contribution in [0.3, 0.4) is 0 Å². The van der Waals surface area contributed by atoms with Crippen LogP contribution < -0.4 is 0 Å². The van der Waals surface area contributed by atoms with Crippen molar-refractivity contribution >= 4 is 5.97 Å². The summed E-state index contributed by atoms with van der Waals surface area (Å²) >= 11 is 0. The summed E-state index contributed by atoms with van der Waals surface area (Å²) in [5.41, 5.74) is 0. The molecule has 0 aliphatic carbocycles. The lowest BCUT2D eigenvalue weighted by atomic mass is 10.0.